The summed E-state index contributed by atoms with van der Waals surface area (Å²) >= 11 is 0. The maximum Gasteiger partial charge on any atom is 0.317 e. The molecule has 0 radical (unpaired) electrons. The second-order valence-corrected chi connectivity index (χ2v) is 8.80. The number of carbonyl (C=O) groups excluding carboxylic acids is 3. The van der Waals surface area contributed by atoms with Gasteiger partial charge >= 0.3 is 5.97 Å². The molecule has 0 unspecified atom stereocenters. The molecule has 0 atom stereocenters. The maximum absolute atomic E-state index is 13.1. The van der Waals surface area contributed by atoms with Crippen LogP contribution in [0.5, 0.6) is 11.5 Å². The molecule has 0 saturated heterocycles. The van der Waals surface area contributed by atoms with Crippen molar-refractivity contribution in [3.05, 3.63) is 53.1 Å². The minimum atomic E-state index is -0.809. The van der Waals surface area contributed by atoms with E-state index >= 15 is 0 Å². The quantitative estimate of drug-likeness (QED) is 0.608. The number of rotatable bonds is 7. The van der Waals surface area contributed by atoms with Gasteiger partial charge in [0, 0.05) is 5.69 Å². The van der Waals surface area contributed by atoms with Gasteiger partial charge in [-0.3, -0.25) is 14.4 Å². The van der Waals surface area contributed by atoms with E-state index in [1.54, 1.807) is 0 Å². The van der Waals surface area contributed by atoms with Crippen LogP contribution in [-0.4, -0.2) is 44.1 Å². The van der Waals surface area contributed by atoms with Gasteiger partial charge in [-0.1, -0.05) is 31.0 Å². The fourth-order valence-electron chi connectivity index (χ4n) is 4.51. The minimum absolute atomic E-state index is 0.211. The van der Waals surface area contributed by atoms with Crippen molar-refractivity contribution in [2.75, 3.05) is 31.7 Å². The summed E-state index contributed by atoms with van der Waals surface area (Å²) in [5.74, 6) is -0.0289. The van der Waals surface area contributed by atoms with Crippen molar-refractivity contribution in [2.45, 2.75) is 44.9 Å². The molecular formula is C26H30N2O6. The van der Waals surface area contributed by atoms with Gasteiger partial charge in [-0.2, -0.15) is 0 Å². The number of amides is 2. The zero-order chi connectivity index (χ0) is 24.1. The molecule has 1 heterocycles. The molecule has 180 valence electrons. The number of hydrogen-bond acceptors (Lipinski definition) is 6. The van der Waals surface area contributed by atoms with E-state index in [9.17, 15) is 14.4 Å². The standard InChI is InChI=1S/C26H30N2O6/c1-17-6-5-7-20(18(17)2)28-23(29)15-27-24(30)16-34-25(31)26(10-3-4-11-26)19-8-9-21-22(14-19)33-13-12-32-21/h5-9,14H,3-4,10-13,15-16H2,1-2H3,(H,27,30)(H,28,29). The van der Waals surface area contributed by atoms with Crippen LogP contribution in [0.4, 0.5) is 5.69 Å². The summed E-state index contributed by atoms with van der Waals surface area (Å²) in [7, 11) is 0. The van der Waals surface area contributed by atoms with Gasteiger partial charge in [0.25, 0.3) is 5.91 Å². The van der Waals surface area contributed by atoms with Gasteiger partial charge in [0.2, 0.25) is 5.91 Å². The first kappa shape index (κ1) is 23.6. The first-order valence-electron chi connectivity index (χ1n) is 11.6. The fourth-order valence-corrected chi connectivity index (χ4v) is 4.51. The van der Waals surface area contributed by atoms with Crippen LogP contribution in [0, 0.1) is 13.8 Å². The van der Waals surface area contributed by atoms with E-state index in [0.717, 1.165) is 29.5 Å². The zero-order valence-electron chi connectivity index (χ0n) is 19.6. The number of benzene rings is 2. The van der Waals surface area contributed by atoms with Crippen LogP contribution in [0.25, 0.3) is 0 Å². The Kier molecular flexibility index (Phi) is 7.05. The lowest BCUT2D eigenvalue weighted by molar-refractivity contribution is -0.154. The Balaban J connectivity index is 1.32. The number of ether oxygens (including phenoxy) is 3. The summed E-state index contributed by atoms with van der Waals surface area (Å²) < 4.78 is 16.7. The van der Waals surface area contributed by atoms with Crippen molar-refractivity contribution in [1.82, 2.24) is 5.32 Å². The van der Waals surface area contributed by atoms with Crippen LogP contribution in [0.2, 0.25) is 0 Å². The van der Waals surface area contributed by atoms with Gasteiger partial charge in [0.15, 0.2) is 18.1 Å². The molecule has 4 rings (SSSR count). The molecule has 2 aromatic rings. The van der Waals surface area contributed by atoms with Gasteiger partial charge < -0.3 is 24.8 Å². The predicted octanol–water partition coefficient (Wildman–Crippen LogP) is 3.18. The average Bonchev–Trinajstić information content (AvgIpc) is 3.35. The summed E-state index contributed by atoms with van der Waals surface area (Å²) in [4.78, 5) is 37.6. The van der Waals surface area contributed by atoms with E-state index in [0.29, 0.717) is 43.2 Å². The van der Waals surface area contributed by atoms with Gasteiger partial charge in [-0.05, 0) is 61.6 Å². The van der Waals surface area contributed by atoms with Crippen molar-refractivity contribution < 1.29 is 28.6 Å². The van der Waals surface area contributed by atoms with E-state index < -0.39 is 23.9 Å². The third kappa shape index (κ3) is 5.00. The molecule has 34 heavy (non-hydrogen) atoms. The smallest absolute Gasteiger partial charge is 0.317 e. The molecular weight excluding hydrogens is 436 g/mol. The Bertz CT molecular complexity index is 1090. The third-order valence-corrected chi connectivity index (χ3v) is 6.60. The summed E-state index contributed by atoms with van der Waals surface area (Å²) in [6.45, 7) is 4.19. The average molecular weight is 467 g/mol. The molecule has 2 amide bonds. The van der Waals surface area contributed by atoms with Crippen molar-refractivity contribution in [3.63, 3.8) is 0 Å². The Morgan fingerprint density at radius 2 is 1.71 bits per heavy atom. The molecule has 1 fully saturated rings. The number of fused-ring (bicyclic) bond motifs is 1. The van der Waals surface area contributed by atoms with E-state index in [1.165, 1.54) is 0 Å². The van der Waals surface area contributed by atoms with E-state index in [1.807, 2.05) is 50.2 Å². The zero-order valence-corrected chi connectivity index (χ0v) is 19.6. The molecule has 0 aromatic heterocycles. The minimum Gasteiger partial charge on any atom is -0.486 e. The first-order valence-corrected chi connectivity index (χ1v) is 11.6. The monoisotopic (exact) mass is 466 g/mol. The second kappa shape index (κ2) is 10.2. The largest absolute Gasteiger partial charge is 0.486 e. The first-order chi connectivity index (χ1) is 16.4. The summed E-state index contributed by atoms with van der Waals surface area (Å²) in [6, 6.07) is 11.2. The Morgan fingerprint density at radius 1 is 0.971 bits per heavy atom. The molecule has 2 aromatic carbocycles. The molecule has 0 bridgehead atoms. The second-order valence-electron chi connectivity index (χ2n) is 8.80. The van der Waals surface area contributed by atoms with E-state index in [4.69, 9.17) is 14.2 Å². The normalized spacial score (nSPS) is 15.9. The van der Waals surface area contributed by atoms with Crippen LogP contribution in [0.1, 0.15) is 42.4 Å². The molecule has 8 nitrogen and oxygen atoms in total. The Hall–Kier alpha value is -3.55. The molecule has 1 saturated carbocycles. The summed E-state index contributed by atoms with van der Waals surface area (Å²) in [6.07, 6.45) is 3.08. The van der Waals surface area contributed by atoms with Crippen LogP contribution in [0.15, 0.2) is 36.4 Å². The van der Waals surface area contributed by atoms with E-state index in [-0.39, 0.29) is 12.5 Å². The fraction of sp³-hybridized carbons (Fsp3) is 0.423. The van der Waals surface area contributed by atoms with Crippen molar-refractivity contribution >= 4 is 23.5 Å². The number of hydrogen-bond donors (Lipinski definition) is 2. The maximum atomic E-state index is 13.1. The highest BCUT2D eigenvalue weighted by atomic mass is 16.6. The van der Waals surface area contributed by atoms with Crippen molar-refractivity contribution in [3.8, 4) is 11.5 Å². The van der Waals surface area contributed by atoms with Gasteiger partial charge in [0.1, 0.15) is 13.2 Å². The van der Waals surface area contributed by atoms with Crippen molar-refractivity contribution in [1.29, 1.82) is 0 Å². The number of anilines is 1. The van der Waals surface area contributed by atoms with Crippen LogP contribution in [-0.2, 0) is 24.5 Å². The van der Waals surface area contributed by atoms with Gasteiger partial charge in [-0.25, -0.2) is 0 Å². The van der Waals surface area contributed by atoms with Crippen LogP contribution in [0.3, 0.4) is 0 Å². The Labute approximate surface area is 199 Å². The van der Waals surface area contributed by atoms with Gasteiger partial charge in [-0.15, -0.1) is 0 Å². The van der Waals surface area contributed by atoms with Crippen LogP contribution < -0.4 is 20.1 Å². The molecule has 2 N–H and O–H groups in total. The van der Waals surface area contributed by atoms with E-state index in [2.05, 4.69) is 10.6 Å². The lowest BCUT2D eigenvalue weighted by Gasteiger charge is -2.28. The SMILES string of the molecule is Cc1cccc(NC(=O)CNC(=O)COC(=O)C2(c3ccc4c(c3)OCCO4)CCCC2)c1C. The van der Waals surface area contributed by atoms with Crippen molar-refractivity contribution in [2.24, 2.45) is 0 Å². The number of nitrogens with one attached hydrogen (secondary N) is 2. The summed E-state index contributed by atoms with van der Waals surface area (Å²) in [5.41, 5.74) is 2.74. The molecule has 1 aliphatic heterocycles. The molecule has 0 spiro atoms. The lowest BCUT2D eigenvalue weighted by atomic mass is 9.78. The number of carbonyl (C=O) groups is 3. The van der Waals surface area contributed by atoms with Gasteiger partial charge in [0.05, 0.1) is 12.0 Å². The lowest BCUT2D eigenvalue weighted by Crippen LogP contribution is -2.39. The highest BCUT2D eigenvalue weighted by molar-refractivity contribution is 5.95. The highest BCUT2D eigenvalue weighted by Gasteiger charge is 2.45. The summed E-state index contributed by atoms with van der Waals surface area (Å²) in [5, 5.41) is 5.30. The Morgan fingerprint density at radius 3 is 2.47 bits per heavy atom. The molecule has 1 aliphatic carbocycles. The molecule has 8 heteroatoms. The predicted molar refractivity (Wildman–Crippen MR) is 126 cm³/mol. The topological polar surface area (TPSA) is 103 Å². The van der Waals surface area contributed by atoms with Crippen LogP contribution >= 0.6 is 0 Å². The number of aryl methyl sites for hydroxylation is 1. The third-order valence-electron chi connectivity index (χ3n) is 6.60. The molecule has 2 aliphatic rings. The number of esters is 1. The highest BCUT2D eigenvalue weighted by Crippen LogP contribution is 2.45.